The summed E-state index contributed by atoms with van der Waals surface area (Å²) in [6.07, 6.45) is 0. The third-order valence-electron chi connectivity index (χ3n) is 4.26. The molecule has 2 heterocycles. The largest absolute Gasteiger partial charge is 0.368 e. The smallest absolute Gasteiger partial charge is 0.224 e. The van der Waals surface area contributed by atoms with Crippen molar-refractivity contribution in [3.8, 4) is 0 Å². The molecule has 0 radical (unpaired) electrons. The van der Waals surface area contributed by atoms with Gasteiger partial charge in [-0.25, -0.2) is 4.98 Å². The van der Waals surface area contributed by atoms with Crippen LogP contribution in [0, 0.1) is 0 Å². The fourth-order valence-corrected chi connectivity index (χ4v) is 3.26. The first kappa shape index (κ1) is 14.3. The number of piperazine rings is 1. The van der Waals surface area contributed by atoms with E-state index in [9.17, 15) is 0 Å². The van der Waals surface area contributed by atoms with Gasteiger partial charge in [-0.05, 0) is 35.9 Å². The zero-order chi connectivity index (χ0) is 15.6. The van der Waals surface area contributed by atoms with E-state index in [0.29, 0.717) is 5.28 Å². The van der Waals surface area contributed by atoms with E-state index in [1.807, 2.05) is 18.2 Å². The van der Waals surface area contributed by atoms with E-state index < -0.39 is 0 Å². The molecule has 5 heteroatoms. The van der Waals surface area contributed by atoms with E-state index in [1.54, 1.807) is 0 Å². The number of rotatable bonds is 2. The maximum Gasteiger partial charge on any atom is 0.224 e. The first-order chi connectivity index (χ1) is 11.3. The van der Waals surface area contributed by atoms with Crippen molar-refractivity contribution in [1.29, 1.82) is 0 Å². The number of benzene rings is 2. The Morgan fingerprint density at radius 2 is 1.39 bits per heavy atom. The van der Waals surface area contributed by atoms with Crippen LogP contribution in [0.15, 0.2) is 54.6 Å². The molecule has 1 aliphatic rings. The summed E-state index contributed by atoms with van der Waals surface area (Å²) in [5, 5.41) is 1.37. The van der Waals surface area contributed by atoms with Crippen molar-refractivity contribution in [2.45, 2.75) is 0 Å². The summed E-state index contributed by atoms with van der Waals surface area (Å²) in [5.74, 6) is 0.938. The lowest BCUT2D eigenvalue weighted by atomic mass is 10.2. The molecule has 0 atom stereocenters. The second-order valence-electron chi connectivity index (χ2n) is 5.64. The molecule has 0 saturated carbocycles. The highest BCUT2D eigenvalue weighted by molar-refractivity contribution is 6.28. The Hall–Kier alpha value is -2.33. The van der Waals surface area contributed by atoms with Gasteiger partial charge in [-0.15, -0.1) is 0 Å². The van der Waals surface area contributed by atoms with Crippen LogP contribution in [0.4, 0.5) is 11.5 Å². The third kappa shape index (κ3) is 2.82. The Kier molecular flexibility index (Phi) is 3.75. The van der Waals surface area contributed by atoms with Crippen LogP contribution in [-0.4, -0.2) is 36.1 Å². The van der Waals surface area contributed by atoms with Crippen molar-refractivity contribution >= 4 is 34.0 Å². The predicted molar refractivity (Wildman–Crippen MR) is 95.4 cm³/mol. The third-order valence-corrected chi connectivity index (χ3v) is 4.43. The maximum atomic E-state index is 6.11. The minimum Gasteiger partial charge on any atom is -0.368 e. The second-order valence-corrected chi connectivity index (χ2v) is 5.98. The fourth-order valence-electron chi connectivity index (χ4n) is 3.09. The average molecular weight is 325 g/mol. The molecule has 23 heavy (non-hydrogen) atoms. The van der Waals surface area contributed by atoms with Crippen molar-refractivity contribution in [2.75, 3.05) is 36.0 Å². The van der Waals surface area contributed by atoms with Crippen LogP contribution >= 0.6 is 11.6 Å². The minimum atomic E-state index is 0.309. The maximum absolute atomic E-state index is 6.11. The van der Waals surface area contributed by atoms with Crippen LogP contribution in [0.25, 0.3) is 10.9 Å². The molecule has 3 aromatic rings. The highest BCUT2D eigenvalue weighted by Crippen LogP contribution is 2.27. The molecule has 0 spiro atoms. The Labute approximate surface area is 140 Å². The lowest BCUT2D eigenvalue weighted by Gasteiger charge is -2.37. The summed E-state index contributed by atoms with van der Waals surface area (Å²) in [4.78, 5) is 13.5. The topological polar surface area (TPSA) is 32.3 Å². The highest BCUT2D eigenvalue weighted by Gasteiger charge is 2.20. The Morgan fingerprint density at radius 1 is 0.739 bits per heavy atom. The van der Waals surface area contributed by atoms with Gasteiger partial charge in [0.2, 0.25) is 5.28 Å². The van der Waals surface area contributed by atoms with Gasteiger partial charge in [0, 0.05) is 37.3 Å². The molecule has 1 fully saturated rings. The van der Waals surface area contributed by atoms with E-state index in [4.69, 9.17) is 11.6 Å². The fraction of sp³-hybridized carbons (Fsp3) is 0.222. The number of hydrogen-bond acceptors (Lipinski definition) is 4. The normalized spacial score (nSPS) is 15.2. The molecule has 0 unspecified atom stereocenters. The number of hydrogen-bond donors (Lipinski definition) is 0. The second kappa shape index (κ2) is 6.05. The molecular formula is C18H17ClN4. The van der Waals surface area contributed by atoms with Crippen molar-refractivity contribution in [2.24, 2.45) is 0 Å². The van der Waals surface area contributed by atoms with Crippen molar-refractivity contribution in [3.05, 3.63) is 59.9 Å². The van der Waals surface area contributed by atoms with Crippen LogP contribution in [0.2, 0.25) is 5.28 Å². The summed E-state index contributed by atoms with van der Waals surface area (Å²) >= 11 is 6.11. The van der Waals surface area contributed by atoms with Gasteiger partial charge in [0.15, 0.2) is 0 Å². The van der Waals surface area contributed by atoms with Gasteiger partial charge in [0.1, 0.15) is 5.82 Å². The quantitative estimate of drug-likeness (QED) is 0.674. The summed E-state index contributed by atoms with van der Waals surface area (Å²) < 4.78 is 0. The highest BCUT2D eigenvalue weighted by atomic mass is 35.5. The lowest BCUT2D eigenvalue weighted by molar-refractivity contribution is 0.649. The van der Waals surface area contributed by atoms with Crippen LogP contribution in [-0.2, 0) is 0 Å². The Morgan fingerprint density at radius 3 is 2.17 bits per heavy atom. The molecule has 0 bridgehead atoms. The van der Waals surface area contributed by atoms with E-state index >= 15 is 0 Å². The molecular weight excluding hydrogens is 308 g/mol. The van der Waals surface area contributed by atoms with Gasteiger partial charge in [-0.1, -0.05) is 30.3 Å². The molecule has 4 rings (SSSR count). The monoisotopic (exact) mass is 324 g/mol. The molecule has 4 nitrogen and oxygen atoms in total. The summed E-state index contributed by atoms with van der Waals surface area (Å²) in [5.41, 5.74) is 2.17. The SMILES string of the molecule is Clc1nc(N2CCN(c3ccccc3)CC2)c2ccccc2n1. The van der Waals surface area contributed by atoms with Crippen LogP contribution in [0.5, 0.6) is 0 Å². The number of halogens is 1. The number of para-hydroxylation sites is 2. The van der Waals surface area contributed by atoms with Gasteiger partial charge >= 0.3 is 0 Å². The summed E-state index contributed by atoms with van der Waals surface area (Å²) in [6, 6.07) is 18.6. The molecule has 0 aliphatic carbocycles. The van der Waals surface area contributed by atoms with Crippen LogP contribution in [0.1, 0.15) is 0 Å². The summed E-state index contributed by atoms with van der Waals surface area (Å²) in [6.45, 7) is 3.79. The van der Waals surface area contributed by atoms with Gasteiger partial charge < -0.3 is 9.80 Å². The van der Waals surface area contributed by atoms with Crippen molar-refractivity contribution in [1.82, 2.24) is 9.97 Å². The predicted octanol–water partition coefficient (Wildman–Crippen LogP) is 3.61. The molecule has 1 saturated heterocycles. The van der Waals surface area contributed by atoms with E-state index in [2.05, 4.69) is 56.2 Å². The standard InChI is InChI=1S/C18H17ClN4/c19-18-20-16-9-5-4-8-15(16)17(21-18)23-12-10-22(11-13-23)14-6-2-1-3-7-14/h1-9H,10-13H2. The van der Waals surface area contributed by atoms with Gasteiger partial charge in [-0.3, -0.25) is 0 Å². The zero-order valence-corrected chi connectivity index (χ0v) is 13.4. The number of aromatic nitrogens is 2. The lowest BCUT2D eigenvalue weighted by Crippen LogP contribution is -2.46. The number of nitrogens with zero attached hydrogens (tertiary/aromatic N) is 4. The number of fused-ring (bicyclic) bond motifs is 1. The van der Waals surface area contributed by atoms with E-state index in [1.165, 1.54) is 5.69 Å². The Balaban J connectivity index is 1.59. The Bertz CT molecular complexity index is 814. The van der Waals surface area contributed by atoms with Crippen LogP contribution in [0.3, 0.4) is 0 Å². The molecule has 116 valence electrons. The van der Waals surface area contributed by atoms with Crippen molar-refractivity contribution < 1.29 is 0 Å². The van der Waals surface area contributed by atoms with Gasteiger partial charge in [-0.2, -0.15) is 4.98 Å². The van der Waals surface area contributed by atoms with E-state index in [-0.39, 0.29) is 0 Å². The molecule has 1 aromatic heterocycles. The number of anilines is 2. The molecule has 0 amide bonds. The first-order valence-electron chi connectivity index (χ1n) is 7.78. The van der Waals surface area contributed by atoms with E-state index in [0.717, 1.165) is 42.9 Å². The van der Waals surface area contributed by atoms with Gasteiger partial charge in [0.05, 0.1) is 5.52 Å². The molecule has 2 aromatic carbocycles. The first-order valence-corrected chi connectivity index (χ1v) is 8.16. The zero-order valence-electron chi connectivity index (χ0n) is 12.7. The van der Waals surface area contributed by atoms with Gasteiger partial charge in [0.25, 0.3) is 0 Å². The summed E-state index contributed by atoms with van der Waals surface area (Å²) in [7, 11) is 0. The van der Waals surface area contributed by atoms with Crippen LogP contribution < -0.4 is 9.80 Å². The van der Waals surface area contributed by atoms with Crippen molar-refractivity contribution in [3.63, 3.8) is 0 Å². The molecule has 1 aliphatic heterocycles. The molecule has 0 N–H and O–H groups in total. The minimum absolute atomic E-state index is 0.309. The average Bonchev–Trinajstić information content (AvgIpc) is 2.62.